The smallest absolute Gasteiger partial charge is 0.374 e. The molecule has 0 aliphatic carbocycles. The number of benzene rings is 1. The van der Waals surface area contributed by atoms with Gasteiger partial charge in [0.25, 0.3) is 0 Å². The Morgan fingerprint density at radius 3 is 2.94 bits per heavy atom. The van der Waals surface area contributed by atoms with E-state index in [9.17, 15) is 4.79 Å². The van der Waals surface area contributed by atoms with Crippen LogP contribution in [0.4, 0.5) is 0 Å². The first-order valence-corrected chi connectivity index (χ1v) is 5.78. The topological polar surface area (TPSA) is 39.4 Å². The minimum absolute atomic E-state index is 0.287. The largest absolute Gasteiger partial charge is 0.460 e. The first-order chi connectivity index (χ1) is 7.63. The highest BCUT2D eigenvalue weighted by Gasteiger charge is 2.18. The number of fused-ring (bicyclic) bond motifs is 1. The predicted octanol–water partition coefficient (Wildman–Crippen LogP) is 3.68. The van der Waals surface area contributed by atoms with Gasteiger partial charge in [0.15, 0.2) is 0 Å². The minimum atomic E-state index is -0.410. The van der Waals surface area contributed by atoms with Gasteiger partial charge in [-0.3, -0.25) is 0 Å². The van der Waals surface area contributed by atoms with E-state index < -0.39 is 5.97 Å². The number of ether oxygens (including phenoxy) is 1. The molecular formula is C12H11BrO3. The van der Waals surface area contributed by atoms with Gasteiger partial charge < -0.3 is 9.15 Å². The average molecular weight is 283 g/mol. The van der Waals surface area contributed by atoms with Crippen LogP contribution in [0.1, 0.15) is 23.0 Å². The van der Waals surface area contributed by atoms with Crippen LogP contribution < -0.4 is 0 Å². The van der Waals surface area contributed by atoms with Gasteiger partial charge in [0.2, 0.25) is 5.76 Å². The molecule has 0 bridgehead atoms. The Morgan fingerprint density at radius 1 is 1.50 bits per heavy atom. The second-order valence-electron chi connectivity index (χ2n) is 3.42. The number of carbonyl (C=O) groups is 1. The zero-order valence-electron chi connectivity index (χ0n) is 9.04. The number of aryl methyl sites for hydroxylation is 1. The molecule has 0 aliphatic heterocycles. The summed E-state index contributed by atoms with van der Waals surface area (Å²) in [6.07, 6.45) is 0. The summed E-state index contributed by atoms with van der Waals surface area (Å²) in [7, 11) is 0. The van der Waals surface area contributed by atoms with Crippen LogP contribution in [0.15, 0.2) is 27.1 Å². The van der Waals surface area contributed by atoms with E-state index in [-0.39, 0.29) is 5.76 Å². The molecule has 2 aromatic rings. The third-order valence-electron chi connectivity index (χ3n) is 2.36. The van der Waals surface area contributed by atoms with Crippen molar-refractivity contribution in [2.24, 2.45) is 0 Å². The molecule has 0 unspecified atom stereocenters. The Balaban J connectivity index is 2.55. The summed E-state index contributed by atoms with van der Waals surface area (Å²) >= 11 is 3.36. The number of hydrogen-bond donors (Lipinski definition) is 0. The summed E-state index contributed by atoms with van der Waals surface area (Å²) in [6.45, 7) is 3.97. The Hall–Kier alpha value is -1.29. The molecule has 0 saturated carbocycles. The third-order valence-corrected chi connectivity index (χ3v) is 2.85. The molecular weight excluding hydrogens is 272 g/mol. The summed E-state index contributed by atoms with van der Waals surface area (Å²) < 4.78 is 11.3. The number of furan rings is 1. The van der Waals surface area contributed by atoms with E-state index in [4.69, 9.17) is 9.15 Å². The molecule has 1 aromatic heterocycles. The monoisotopic (exact) mass is 282 g/mol. The summed E-state index contributed by atoms with van der Waals surface area (Å²) in [6, 6.07) is 5.67. The molecule has 0 aliphatic rings. The summed E-state index contributed by atoms with van der Waals surface area (Å²) in [5.41, 5.74) is 1.51. The molecule has 1 aromatic carbocycles. The molecule has 0 amide bonds. The lowest BCUT2D eigenvalue weighted by Crippen LogP contribution is -2.04. The van der Waals surface area contributed by atoms with Crippen molar-refractivity contribution in [3.8, 4) is 0 Å². The van der Waals surface area contributed by atoms with Crippen LogP contribution in [-0.4, -0.2) is 12.6 Å². The molecule has 84 valence electrons. The fourth-order valence-corrected chi connectivity index (χ4v) is 1.93. The molecule has 2 rings (SSSR count). The first-order valence-electron chi connectivity index (χ1n) is 4.99. The molecule has 3 nitrogen and oxygen atoms in total. The highest BCUT2D eigenvalue weighted by Crippen LogP contribution is 2.28. The van der Waals surface area contributed by atoms with Crippen molar-refractivity contribution in [2.45, 2.75) is 13.8 Å². The molecule has 4 heteroatoms. The van der Waals surface area contributed by atoms with Crippen LogP contribution in [-0.2, 0) is 4.74 Å². The van der Waals surface area contributed by atoms with Gasteiger partial charge in [0, 0.05) is 15.4 Å². The van der Waals surface area contributed by atoms with E-state index in [0.29, 0.717) is 12.2 Å². The SMILES string of the molecule is CCOC(=O)c1oc2cc(Br)ccc2c1C. The molecule has 16 heavy (non-hydrogen) atoms. The Bertz CT molecular complexity index is 542. The minimum Gasteiger partial charge on any atom is -0.460 e. The van der Waals surface area contributed by atoms with Gasteiger partial charge in [0.1, 0.15) is 5.58 Å². The standard InChI is InChI=1S/C12H11BrO3/c1-3-15-12(14)11-7(2)9-5-4-8(13)6-10(9)16-11/h4-6H,3H2,1-2H3. The molecule has 0 spiro atoms. The fourth-order valence-electron chi connectivity index (χ4n) is 1.59. The predicted molar refractivity (Wildman–Crippen MR) is 64.6 cm³/mol. The van der Waals surface area contributed by atoms with Crippen molar-refractivity contribution in [1.82, 2.24) is 0 Å². The number of carbonyl (C=O) groups excluding carboxylic acids is 1. The number of halogens is 1. The van der Waals surface area contributed by atoms with Crippen LogP contribution in [0.3, 0.4) is 0 Å². The lowest BCUT2D eigenvalue weighted by molar-refractivity contribution is 0.0491. The second-order valence-corrected chi connectivity index (χ2v) is 4.33. The van der Waals surface area contributed by atoms with Crippen LogP contribution in [0.5, 0.6) is 0 Å². The summed E-state index contributed by atoms with van der Waals surface area (Å²) in [5.74, 6) is -0.123. The second kappa shape index (κ2) is 4.29. The lowest BCUT2D eigenvalue weighted by Gasteiger charge is -1.97. The van der Waals surface area contributed by atoms with Crippen LogP contribution in [0.2, 0.25) is 0 Å². The van der Waals surface area contributed by atoms with E-state index in [1.54, 1.807) is 6.92 Å². The van der Waals surface area contributed by atoms with E-state index in [1.807, 2.05) is 25.1 Å². The normalized spacial score (nSPS) is 10.7. The van der Waals surface area contributed by atoms with Crippen molar-refractivity contribution >= 4 is 32.9 Å². The van der Waals surface area contributed by atoms with Crippen LogP contribution in [0, 0.1) is 6.92 Å². The number of esters is 1. The molecule has 0 N–H and O–H groups in total. The van der Waals surface area contributed by atoms with Crippen molar-refractivity contribution in [2.75, 3.05) is 6.61 Å². The first kappa shape index (κ1) is 11.2. The van der Waals surface area contributed by atoms with Crippen LogP contribution >= 0.6 is 15.9 Å². The van der Waals surface area contributed by atoms with E-state index in [0.717, 1.165) is 15.4 Å². The van der Waals surface area contributed by atoms with E-state index in [2.05, 4.69) is 15.9 Å². The Kier molecular flexibility index (Phi) is 3.01. The van der Waals surface area contributed by atoms with Gasteiger partial charge in [-0.25, -0.2) is 4.79 Å². The fraction of sp³-hybridized carbons (Fsp3) is 0.250. The molecule has 0 fully saturated rings. The summed E-state index contributed by atoms with van der Waals surface area (Å²) in [4.78, 5) is 11.6. The quantitative estimate of drug-likeness (QED) is 0.789. The van der Waals surface area contributed by atoms with Crippen LogP contribution in [0.25, 0.3) is 11.0 Å². The highest BCUT2D eigenvalue weighted by atomic mass is 79.9. The molecule has 0 saturated heterocycles. The van der Waals surface area contributed by atoms with Gasteiger partial charge in [-0.1, -0.05) is 15.9 Å². The van der Waals surface area contributed by atoms with Crippen molar-refractivity contribution in [1.29, 1.82) is 0 Å². The van der Waals surface area contributed by atoms with Crippen molar-refractivity contribution in [3.63, 3.8) is 0 Å². The van der Waals surface area contributed by atoms with Gasteiger partial charge in [-0.05, 0) is 32.0 Å². The van der Waals surface area contributed by atoms with Gasteiger partial charge in [-0.2, -0.15) is 0 Å². The maximum Gasteiger partial charge on any atom is 0.374 e. The summed E-state index contributed by atoms with van der Waals surface area (Å²) in [5, 5.41) is 0.936. The molecule has 1 heterocycles. The Morgan fingerprint density at radius 2 is 2.25 bits per heavy atom. The Labute approximate surface area is 102 Å². The maximum absolute atomic E-state index is 11.6. The molecule has 0 radical (unpaired) electrons. The van der Waals surface area contributed by atoms with Crippen molar-refractivity contribution < 1.29 is 13.9 Å². The van der Waals surface area contributed by atoms with E-state index in [1.165, 1.54) is 0 Å². The van der Waals surface area contributed by atoms with E-state index >= 15 is 0 Å². The van der Waals surface area contributed by atoms with Crippen molar-refractivity contribution in [3.05, 3.63) is 34.0 Å². The van der Waals surface area contributed by atoms with Gasteiger partial charge >= 0.3 is 5.97 Å². The maximum atomic E-state index is 11.6. The zero-order chi connectivity index (χ0) is 11.7. The van der Waals surface area contributed by atoms with Gasteiger partial charge in [-0.15, -0.1) is 0 Å². The lowest BCUT2D eigenvalue weighted by atomic mass is 10.1. The highest BCUT2D eigenvalue weighted by molar-refractivity contribution is 9.10. The number of hydrogen-bond acceptors (Lipinski definition) is 3. The number of rotatable bonds is 2. The third kappa shape index (κ3) is 1.85. The average Bonchev–Trinajstić information content (AvgIpc) is 2.56. The van der Waals surface area contributed by atoms with Gasteiger partial charge in [0.05, 0.1) is 6.61 Å². The zero-order valence-corrected chi connectivity index (χ0v) is 10.6. The molecule has 0 atom stereocenters.